The second-order valence-corrected chi connectivity index (χ2v) is 4.23. The van der Waals surface area contributed by atoms with Gasteiger partial charge < -0.3 is 15.2 Å². The van der Waals surface area contributed by atoms with Crippen LogP contribution in [0.15, 0.2) is 0 Å². The molecule has 6 nitrogen and oxygen atoms in total. The molecule has 0 aromatic carbocycles. The fraction of sp³-hybridized carbons (Fsp3) is 0.727. The smallest absolute Gasteiger partial charge is 0.326 e. The molecule has 17 heavy (non-hydrogen) atoms. The first-order valence-corrected chi connectivity index (χ1v) is 5.55. The zero-order chi connectivity index (χ0) is 12.8. The van der Waals surface area contributed by atoms with Gasteiger partial charge in [-0.1, -0.05) is 0 Å². The van der Waals surface area contributed by atoms with E-state index in [0.717, 1.165) is 0 Å². The molecule has 1 saturated heterocycles. The Hall–Kier alpha value is -1.61. The van der Waals surface area contributed by atoms with Gasteiger partial charge in [0.05, 0.1) is 18.6 Å². The van der Waals surface area contributed by atoms with Crippen molar-refractivity contribution in [1.29, 1.82) is 5.26 Å². The van der Waals surface area contributed by atoms with Crippen LogP contribution in [0.2, 0.25) is 0 Å². The summed E-state index contributed by atoms with van der Waals surface area (Å²) in [6.45, 7) is 2.50. The number of hydrogen-bond donors (Lipinski definition) is 2. The Morgan fingerprint density at radius 3 is 2.82 bits per heavy atom. The second kappa shape index (κ2) is 6.21. The van der Waals surface area contributed by atoms with Crippen LogP contribution >= 0.6 is 0 Å². The van der Waals surface area contributed by atoms with Crippen LogP contribution in [0.25, 0.3) is 0 Å². The normalized spacial score (nSPS) is 22.5. The van der Waals surface area contributed by atoms with E-state index >= 15 is 0 Å². The summed E-state index contributed by atoms with van der Waals surface area (Å²) in [5.41, 5.74) is 0. The van der Waals surface area contributed by atoms with Crippen LogP contribution in [0, 0.1) is 23.2 Å². The number of aliphatic carboxylic acids is 1. The van der Waals surface area contributed by atoms with Crippen molar-refractivity contribution < 1.29 is 19.4 Å². The summed E-state index contributed by atoms with van der Waals surface area (Å²) >= 11 is 0. The van der Waals surface area contributed by atoms with Crippen molar-refractivity contribution in [3.63, 3.8) is 0 Å². The Labute approximate surface area is 99.6 Å². The molecule has 6 heteroatoms. The molecule has 1 aliphatic heterocycles. The zero-order valence-corrected chi connectivity index (χ0v) is 9.68. The summed E-state index contributed by atoms with van der Waals surface area (Å²) < 4.78 is 5.06. The topological polar surface area (TPSA) is 99.4 Å². The molecule has 0 radical (unpaired) electrons. The van der Waals surface area contributed by atoms with E-state index < -0.39 is 17.9 Å². The molecule has 1 fully saturated rings. The van der Waals surface area contributed by atoms with Gasteiger partial charge in [0, 0.05) is 12.5 Å². The number of amides is 1. The fourth-order valence-electron chi connectivity index (χ4n) is 1.66. The zero-order valence-electron chi connectivity index (χ0n) is 9.68. The number of rotatable bonds is 5. The van der Waals surface area contributed by atoms with Gasteiger partial charge in [0.2, 0.25) is 5.91 Å². The lowest BCUT2D eigenvalue weighted by Crippen LogP contribution is -2.44. The Kier molecular flexibility index (Phi) is 4.91. The number of ether oxygens (including phenoxy) is 1. The number of carbonyl (C=O) groups is 2. The highest BCUT2D eigenvalue weighted by molar-refractivity contribution is 5.85. The Balaban J connectivity index is 2.51. The molecule has 0 aromatic rings. The minimum absolute atomic E-state index is 0.116. The van der Waals surface area contributed by atoms with E-state index in [0.29, 0.717) is 19.6 Å². The van der Waals surface area contributed by atoms with Crippen LogP contribution in [0.3, 0.4) is 0 Å². The van der Waals surface area contributed by atoms with Crippen LogP contribution in [0.5, 0.6) is 0 Å². The summed E-state index contributed by atoms with van der Waals surface area (Å²) in [5.74, 6) is -2.09. The first kappa shape index (κ1) is 13.5. The largest absolute Gasteiger partial charge is 0.480 e. The second-order valence-electron chi connectivity index (χ2n) is 4.23. The summed E-state index contributed by atoms with van der Waals surface area (Å²) in [6, 6.07) is 0.952. The van der Waals surface area contributed by atoms with E-state index in [9.17, 15) is 9.59 Å². The van der Waals surface area contributed by atoms with Crippen molar-refractivity contribution in [2.75, 3.05) is 13.2 Å². The molecule has 1 heterocycles. The molecule has 2 N–H and O–H groups in total. The van der Waals surface area contributed by atoms with Gasteiger partial charge in [-0.05, 0) is 19.8 Å². The van der Waals surface area contributed by atoms with E-state index in [1.165, 1.54) is 0 Å². The predicted octanol–water partition coefficient (Wildman–Crippen LogP) is 0.142. The number of carboxylic acid groups (broad SMARTS) is 1. The third-order valence-electron chi connectivity index (χ3n) is 2.72. The van der Waals surface area contributed by atoms with Crippen LogP contribution in [-0.4, -0.2) is 36.2 Å². The standard InChI is InChI=1S/C11H16N2O4/c1-7(5-12)4-9(11(15)16)13-10(14)8-2-3-17-6-8/h7-9H,2-4,6H2,1H3,(H,13,14)(H,15,16)/t7-,8-,9-/m1/s1. The Morgan fingerprint density at radius 2 is 2.35 bits per heavy atom. The molecule has 1 rings (SSSR count). The van der Waals surface area contributed by atoms with E-state index in [1.54, 1.807) is 6.92 Å². The van der Waals surface area contributed by atoms with Crippen molar-refractivity contribution >= 4 is 11.9 Å². The molecule has 0 unspecified atom stereocenters. The summed E-state index contributed by atoms with van der Waals surface area (Å²) in [6.07, 6.45) is 0.733. The SMILES string of the molecule is C[C@@H](C#N)C[C@@H](NC(=O)[C@@H]1CCOC1)C(=O)O. The number of carbonyl (C=O) groups excluding carboxylic acids is 1. The highest BCUT2D eigenvalue weighted by Gasteiger charge is 2.28. The van der Waals surface area contributed by atoms with E-state index in [4.69, 9.17) is 15.1 Å². The maximum absolute atomic E-state index is 11.7. The van der Waals surface area contributed by atoms with Crippen LogP contribution in [0.4, 0.5) is 0 Å². The number of nitrogens with one attached hydrogen (secondary N) is 1. The van der Waals surface area contributed by atoms with Crippen molar-refractivity contribution in [1.82, 2.24) is 5.32 Å². The van der Waals surface area contributed by atoms with Gasteiger partial charge in [0.15, 0.2) is 0 Å². The van der Waals surface area contributed by atoms with Gasteiger partial charge in [0.25, 0.3) is 0 Å². The molecule has 3 atom stereocenters. The van der Waals surface area contributed by atoms with Crippen molar-refractivity contribution in [3.05, 3.63) is 0 Å². The van der Waals surface area contributed by atoms with Gasteiger partial charge in [-0.3, -0.25) is 4.79 Å². The molecule has 94 valence electrons. The number of nitriles is 1. The van der Waals surface area contributed by atoms with Gasteiger partial charge in [-0.2, -0.15) is 5.26 Å². The molecule has 0 saturated carbocycles. The van der Waals surface area contributed by atoms with Gasteiger partial charge in [-0.25, -0.2) is 4.79 Å². The first-order valence-electron chi connectivity index (χ1n) is 5.55. The third-order valence-corrected chi connectivity index (χ3v) is 2.72. The van der Waals surface area contributed by atoms with Crippen molar-refractivity contribution in [2.24, 2.45) is 11.8 Å². The lowest BCUT2D eigenvalue weighted by Gasteiger charge is -2.17. The summed E-state index contributed by atoms with van der Waals surface area (Å²) in [7, 11) is 0. The molecule has 0 spiro atoms. The summed E-state index contributed by atoms with van der Waals surface area (Å²) in [4.78, 5) is 22.6. The molecule has 0 aliphatic carbocycles. The van der Waals surface area contributed by atoms with Gasteiger partial charge in [-0.15, -0.1) is 0 Å². The molecular formula is C11H16N2O4. The maximum Gasteiger partial charge on any atom is 0.326 e. The quantitative estimate of drug-likeness (QED) is 0.712. The molecule has 0 aromatic heterocycles. The molecule has 1 aliphatic rings. The average Bonchev–Trinajstić information content (AvgIpc) is 2.81. The lowest BCUT2D eigenvalue weighted by molar-refractivity contribution is -0.142. The molecule has 1 amide bonds. The monoisotopic (exact) mass is 240 g/mol. The van der Waals surface area contributed by atoms with Crippen molar-refractivity contribution in [2.45, 2.75) is 25.8 Å². The summed E-state index contributed by atoms with van der Waals surface area (Å²) in [5, 5.41) is 20.0. The highest BCUT2D eigenvalue weighted by Crippen LogP contribution is 2.13. The molecule has 0 bridgehead atoms. The minimum Gasteiger partial charge on any atom is -0.480 e. The number of carboxylic acids is 1. The Bertz CT molecular complexity index is 331. The lowest BCUT2D eigenvalue weighted by atomic mass is 10.0. The van der Waals surface area contributed by atoms with Crippen LogP contribution in [0.1, 0.15) is 19.8 Å². The number of hydrogen-bond acceptors (Lipinski definition) is 4. The average molecular weight is 240 g/mol. The fourth-order valence-corrected chi connectivity index (χ4v) is 1.66. The number of nitrogens with zero attached hydrogens (tertiary/aromatic N) is 1. The van der Waals surface area contributed by atoms with Gasteiger partial charge in [0.1, 0.15) is 6.04 Å². The third kappa shape index (κ3) is 4.04. The van der Waals surface area contributed by atoms with Crippen molar-refractivity contribution in [3.8, 4) is 6.07 Å². The Morgan fingerprint density at radius 1 is 1.65 bits per heavy atom. The first-order chi connectivity index (χ1) is 8.04. The maximum atomic E-state index is 11.7. The minimum atomic E-state index is -1.11. The van der Waals surface area contributed by atoms with E-state index in [1.807, 2.05) is 6.07 Å². The van der Waals surface area contributed by atoms with Gasteiger partial charge >= 0.3 is 5.97 Å². The van der Waals surface area contributed by atoms with Crippen LogP contribution in [-0.2, 0) is 14.3 Å². The predicted molar refractivity (Wildman–Crippen MR) is 57.9 cm³/mol. The highest BCUT2D eigenvalue weighted by atomic mass is 16.5. The van der Waals surface area contributed by atoms with E-state index in [-0.39, 0.29) is 18.2 Å². The van der Waals surface area contributed by atoms with E-state index in [2.05, 4.69) is 5.32 Å². The molecular weight excluding hydrogens is 224 g/mol. The van der Waals surface area contributed by atoms with Crippen LogP contribution < -0.4 is 5.32 Å².